The zero-order valence-corrected chi connectivity index (χ0v) is 16.3. The van der Waals surface area contributed by atoms with Crippen LogP contribution in [-0.4, -0.2) is 43.5 Å². The third-order valence-corrected chi connectivity index (χ3v) is 3.79. The number of ether oxygens (including phenoxy) is 2. The van der Waals surface area contributed by atoms with E-state index in [1.165, 1.54) is 30.1 Å². The second-order valence-electron chi connectivity index (χ2n) is 6.16. The van der Waals surface area contributed by atoms with Crippen molar-refractivity contribution in [3.8, 4) is 11.5 Å². The van der Waals surface area contributed by atoms with Crippen LogP contribution in [0.4, 0.5) is 10.1 Å². The lowest BCUT2D eigenvalue weighted by molar-refractivity contribution is -0.116. The molecule has 0 fully saturated rings. The average molecular weight is 388 g/mol. The van der Waals surface area contributed by atoms with E-state index in [0.29, 0.717) is 36.0 Å². The minimum atomic E-state index is -0.448. The highest BCUT2D eigenvalue weighted by atomic mass is 19.1. The molecule has 0 atom stereocenters. The summed E-state index contributed by atoms with van der Waals surface area (Å²) in [5, 5.41) is 2.57. The first kappa shape index (κ1) is 21.2. The first-order valence-electron chi connectivity index (χ1n) is 9.15. The van der Waals surface area contributed by atoms with Crippen LogP contribution < -0.4 is 14.8 Å². The maximum atomic E-state index is 13.2. The number of nitrogens with one attached hydrogen (secondary N) is 1. The van der Waals surface area contributed by atoms with Crippen LogP contribution in [0.1, 0.15) is 30.6 Å². The van der Waals surface area contributed by atoms with E-state index in [1.54, 1.807) is 24.3 Å². The van der Waals surface area contributed by atoms with Crippen LogP contribution >= 0.6 is 0 Å². The third kappa shape index (κ3) is 5.97. The fraction of sp³-hybridized carbons (Fsp3) is 0.333. The Hall–Kier alpha value is -3.09. The summed E-state index contributed by atoms with van der Waals surface area (Å²) in [4.78, 5) is 26.1. The number of carbonyl (C=O) groups excluding carboxylic acids is 2. The van der Waals surface area contributed by atoms with Gasteiger partial charge in [0, 0.05) is 18.3 Å². The molecule has 0 radical (unpaired) electrons. The predicted molar refractivity (Wildman–Crippen MR) is 105 cm³/mol. The number of likely N-dealkylation sites (N-methyl/N-ethyl adjacent to an activating group) is 1. The number of carbonyl (C=O) groups is 2. The molecule has 0 heterocycles. The summed E-state index contributed by atoms with van der Waals surface area (Å²) in [7, 11) is 1.52. The lowest BCUT2D eigenvalue weighted by atomic mass is 10.1. The molecule has 0 saturated carbocycles. The molecule has 2 amide bonds. The second-order valence-corrected chi connectivity index (χ2v) is 6.16. The Bertz CT molecular complexity index is 826. The van der Waals surface area contributed by atoms with E-state index in [2.05, 4.69) is 5.32 Å². The van der Waals surface area contributed by atoms with Crippen molar-refractivity contribution in [2.75, 3.05) is 32.1 Å². The van der Waals surface area contributed by atoms with Gasteiger partial charge in [0.15, 0.2) is 11.5 Å². The van der Waals surface area contributed by atoms with E-state index in [9.17, 15) is 14.0 Å². The van der Waals surface area contributed by atoms with Crippen molar-refractivity contribution < 1.29 is 23.5 Å². The molecule has 6 nitrogen and oxygen atoms in total. The van der Waals surface area contributed by atoms with Crippen molar-refractivity contribution in [1.82, 2.24) is 4.90 Å². The molecule has 0 aliphatic heterocycles. The van der Waals surface area contributed by atoms with Gasteiger partial charge in [-0.1, -0.05) is 13.0 Å². The lowest BCUT2D eigenvalue weighted by Crippen LogP contribution is -2.35. The molecule has 2 rings (SSSR count). The number of nitrogens with zero attached hydrogens (tertiary/aromatic N) is 1. The Morgan fingerprint density at radius 1 is 1.07 bits per heavy atom. The van der Waals surface area contributed by atoms with Gasteiger partial charge in [0.25, 0.3) is 5.91 Å². The summed E-state index contributed by atoms with van der Waals surface area (Å²) in [6, 6.07) is 10.5. The van der Waals surface area contributed by atoms with Gasteiger partial charge in [0.1, 0.15) is 5.82 Å². The van der Waals surface area contributed by atoms with E-state index >= 15 is 0 Å². The predicted octanol–water partition coefficient (Wildman–Crippen LogP) is 3.72. The largest absolute Gasteiger partial charge is 0.490 e. The van der Waals surface area contributed by atoms with Crippen LogP contribution in [-0.2, 0) is 4.79 Å². The van der Waals surface area contributed by atoms with Crippen molar-refractivity contribution >= 4 is 17.5 Å². The molecule has 0 saturated heterocycles. The van der Waals surface area contributed by atoms with Crippen molar-refractivity contribution in [3.05, 3.63) is 53.8 Å². The molecule has 0 aliphatic rings. The molecule has 28 heavy (non-hydrogen) atoms. The molecule has 2 aromatic carbocycles. The maximum Gasteiger partial charge on any atom is 0.254 e. The molecule has 0 unspecified atom stereocenters. The first-order chi connectivity index (χ1) is 13.4. The smallest absolute Gasteiger partial charge is 0.254 e. The van der Waals surface area contributed by atoms with Crippen molar-refractivity contribution in [3.63, 3.8) is 0 Å². The SMILES string of the molecule is CCCOc1ccc(C(=O)N(C)CC(=O)Nc2cccc(F)c2)cc1OCC. The molecule has 0 aromatic heterocycles. The quantitative estimate of drug-likeness (QED) is 0.711. The Balaban J connectivity index is 2.04. The molecule has 0 aliphatic carbocycles. The van der Waals surface area contributed by atoms with Crippen LogP contribution in [0.5, 0.6) is 11.5 Å². The second kappa shape index (κ2) is 10.3. The number of halogens is 1. The summed E-state index contributed by atoms with van der Waals surface area (Å²) in [6.45, 7) is 4.66. The zero-order chi connectivity index (χ0) is 20.5. The normalized spacial score (nSPS) is 10.3. The first-order valence-corrected chi connectivity index (χ1v) is 9.15. The fourth-order valence-corrected chi connectivity index (χ4v) is 2.52. The third-order valence-electron chi connectivity index (χ3n) is 3.79. The van der Waals surface area contributed by atoms with Gasteiger partial charge in [0.05, 0.1) is 19.8 Å². The summed E-state index contributed by atoms with van der Waals surface area (Å²) < 4.78 is 24.4. The number of rotatable bonds is 9. The van der Waals surface area contributed by atoms with E-state index in [4.69, 9.17) is 9.47 Å². The van der Waals surface area contributed by atoms with Crippen LogP contribution in [0.2, 0.25) is 0 Å². The van der Waals surface area contributed by atoms with Gasteiger partial charge in [-0.25, -0.2) is 4.39 Å². The van der Waals surface area contributed by atoms with Crippen molar-refractivity contribution in [1.29, 1.82) is 0 Å². The number of hydrogen-bond donors (Lipinski definition) is 1. The highest BCUT2D eigenvalue weighted by Gasteiger charge is 2.17. The van der Waals surface area contributed by atoms with E-state index < -0.39 is 11.7 Å². The van der Waals surface area contributed by atoms with Gasteiger partial charge in [-0.15, -0.1) is 0 Å². The average Bonchev–Trinajstić information content (AvgIpc) is 2.66. The summed E-state index contributed by atoms with van der Waals surface area (Å²) >= 11 is 0. The van der Waals surface area contributed by atoms with Gasteiger partial charge in [-0.05, 0) is 49.7 Å². The van der Waals surface area contributed by atoms with Crippen LogP contribution in [0.3, 0.4) is 0 Å². The van der Waals surface area contributed by atoms with E-state index in [1.807, 2.05) is 13.8 Å². The molecule has 2 aromatic rings. The Labute approximate surface area is 164 Å². The maximum absolute atomic E-state index is 13.2. The van der Waals surface area contributed by atoms with Gasteiger partial charge in [0.2, 0.25) is 5.91 Å². The number of amides is 2. The molecule has 0 spiro atoms. The monoisotopic (exact) mass is 388 g/mol. The molecule has 1 N–H and O–H groups in total. The molecule has 150 valence electrons. The Morgan fingerprint density at radius 3 is 2.54 bits per heavy atom. The van der Waals surface area contributed by atoms with Gasteiger partial charge in [-0.3, -0.25) is 9.59 Å². The van der Waals surface area contributed by atoms with Gasteiger partial charge >= 0.3 is 0 Å². The van der Waals surface area contributed by atoms with Crippen molar-refractivity contribution in [2.24, 2.45) is 0 Å². The van der Waals surface area contributed by atoms with E-state index in [-0.39, 0.29) is 12.5 Å². The number of hydrogen-bond acceptors (Lipinski definition) is 4. The lowest BCUT2D eigenvalue weighted by Gasteiger charge is -2.18. The standard InChI is InChI=1S/C21H25FN2O4/c1-4-11-28-18-10-9-15(12-19(18)27-5-2)21(26)24(3)14-20(25)23-17-8-6-7-16(22)13-17/h6-10,12-13H,4-5,11,14H2,1-3H3,(H,23,25). The highest BCUT2D eigenvalue weighted by molar-refractivity contribution is 5.99. The van der Waals surface area contributed by atoms with Crippen molar-refractivity contribution in [2.45, 2.75) is 20.3 Å². The van der Waals surface area contributed by atoms with Crippen LogP contribution in [0, 0.1) is 5.82 Å². The van der Waals surface area contributed by atoms with Crippen LogP contribution in [0.15, 0.2) is 42.5 Å². The topological polar surface area (TPSA) is 67.9 Å². The van der Waals surface area contributed by atoms with Crippen LogP contribution in [0.25, 0.3) is 0 Å². The summed E-state index contributed by atoms with van der Waals surface area (Å²) in [5.74, 6) is -0.144. The Morgan fingerprint density at radius 2 is 1.86 bits per heavy atom. The Kier molecular flexibility index (Phi) is 7.80. The van der Waals surface area contributed by atoms with E-state index in [0.717, 1.165) is 6.42 Å². The molecule has 7 heteroatoms. The number of anilines is 1. The number of benzene rings is 2. The molecular formula is C21H25FN2O4. The van der Waals surface area contributed by atoms with Gasteiger partial charge in [-0.2, -0.15) is 0 Å². The van der Waals surface area contributed by atoms with Gasteiger partial charge < -0.3 is 19.7 Å². The minimum absolute atomic E-state index is 0.173. The summed E-state index contributed by atoms with van der Waals surface area (Å²) in [5.41, 5.74) is 0.718. The molecule has 0 bridgehead atoms. The fourth-order valence-electron chi connectivity index (χ4n) is 2.52. The molecular weight excluding hydrogens is 363 g/mol. The summed E-state index contributed by atoms with van der Waals surface area (Å²) in [6.07, 6.45) is 0.857. The minimum Gasteiger partial charge on any atom is -0.490 e. The highest BCUT2D eigenvalue weighted by Crippen LogP contribution is 2.29. The zero-order valence-electron chi connectivity index (χ0n) is 16.3.